The summed E-state index contributed by atoms with van der Waals surface area (Å²) in [6, 6.07) is 0. The van der Waals surface area contributed by atoms with Crippen LogP contribution in [0.15, 0.2) is 0 Å². The third-order valence-electron chi connectivity index (χ3n) is 2.37. The molecule has 0 amide bonds. The van der Waals surface area contributed by atoms with Crippen LogP contribution in [0, 0.1) is 0 Å². The van der Waals surface area contributed by atoms with Gasteiger partial charge in [-0.1, -0.05) is 174 Å². The molecule has 0 saturated carbocycles. The van der Waals surface area contributed by atoms with Gasteiger partial charge in [-0.2, -0.15) is 0 Å². The van der Waals surface area contributed by atoms with Crippen LogP contribution in [0.4, 0.5) is 0 Å². The van der Waals surface area contributed by atoms with Gasteiger partial charge in [-0.15, -0.1) is 0 Å². The number of alkyl halides is 15. The van der Waals surface area contributed by atoms with Crippen LogP contribution < -0.4 is 0 Å². The maximum Gasteiger partial charge on any atom is 0.215 e. The molecule has 0 aromatic carbocycles. The molecule has 0 saturated heterocycles. The second kappa shape index (κ2) is 24.2. The minimum absolute atomic E-state index is 0. The summed E-state index contributed by atoms with van der Waals surface area (Å²) in [5.74, 6) is 0. The van der Waals surface area contributed by atoms with Crippen LogP contribution >= 0.6 is 174 Å². The summed E-state index contributed by atoms with van der Waals surface area (Å²) < 4.78 is -7.64. The topological polar surface area (TPSA) is 101 Å². The van der Waals surface area contributed by atoms with Gasteiger partial charge in [-0.05, 0) is 34.6 Å². The molecule has 0 aliphatic rings. The Kier molecular flexibility index (Phi) is 35.9. The fourth-order valence-electron chi connectivity index (χ4n) is 0. The van der Waals surface area contributed by atoms with E-state index in [1.807, 2.05) is 0 Å². The Morgan fingerprint density at radius 2 is 0.333 bits per heavy atom. The van der Waals surface area contributed by atoms with Crippen molar-refractivity contribution in [3.8, 4) is 0 Å². The van der Waals surface area contributed by atoms with Crippen molar-refractivity contribution in [2.75, 3.05) is 0 Å². The molecule has 226 valence electrons. The minimum Gasteiger partial charge on any atom is -0.389 e. The fourth-order valence-corrected chi connectivity index (χ4v) is 0. The van der Waals surface area contributed by atoms with Gasteiger partial charge >= 0.3 is 0 Å². The molecule has 0 aliphatic carbocycles. The minimum atomic E-state index is -1.53. The monoisotopic (exact) mass is 908 g/mol. The number of rotatable bonds is 0. The number of aliphatic hydroxyl groups excluding tert-OH is 5. The third kappa shape index (κ3) is 45.8. The van der Waals surface area contributed by atoms with E-state index in [1.54, 1.807) is 0 Å². The van der Waals surface area contributed by atoms with Crippen LogP contribution in [0.5, 0.6) is 0 Å². The first kappa shape index (κ1) is 53.4. The second-order valence-electron chi connectivity index (χ2n) is 6.09. The normalized spacial score (nSPS) is 16.2. The Morgan fingerprint density at radius 3 is 0.333 bits per heavy atom. The molecule has 0 spiro atoms. The molecule has 0 heterocycles. The van der Waals surface area contributed by atoms with Crippen LogP contribution in [0.25, 0.3) is 0 Å². The molecule has 36 heavy (non-hydrogen) atoms. The zero-order valence-corrected chi connectivity index (χ0v) is 32.0. The summed E-state index contributed by atoms with van der Waals surface area (Å²) >= 11 is 77.2. The smallest absolute Gasteiger partial charge is 0.215 e. The number of hydrogen-bond donors (Lipinski definition) is 5. The maximum absolute atomic E-state index is 8.49. The molecule has 0 fully saturated rings. The van der Waals surface area contributed by atoms with Gasteiger partial charge in [0.25, 0.3) is 0 Å². The molecule has 0 aromatic heterocycles. The van der Waals surface area contributed by atoms with E-state index in [1.165, 1.54) is 34.6 Å². The average molecular weight is 913 g/mol. The van der Waals surface area contributed by atoms with E-state index in [9.17, 15) is 0 Å². The van der Waals surface area contributed by atoms with Crippen LogP contribution in [0.1, 0.15) is 34.6 Å². The van der Waals surface area contributed by atoms with E-state index in [2.05, 4.69) is 0 Å². The van der Waals surface area contributed by atoms with Gasteiger partial charge in [-0.3, -0.25) is 0 Å². The van der Waals surface area contributed by atoms with Gasteiger partial charge < -0.3 is 25.5 Å². The van der Waals surface area contributed by atoms with Crippen molar-refractivity contribution in [1.82, 2.24) is 0 Å². The molecular weight excluding hydrogens is 888 g/mol. The molecule has 0 aromatic rings. The Hall–Kier alpha value is 4.84. The summed E-state index contributed by atoms with van der Waals surface area (Å²) in [6.45, 7) is 7.05. The third-order valence-corrected chi connectivity index (χ3v) is 7.11. The van der Waals surface area contributed by atoms with Crippen molar-refractivity contribution in [3.05, 3.63) is 0 Å². The summed E-state index contributed by atoms with van der Waals surface area (Å²) in [5.41, 5.74) is 0. The van der Waals surface area contributed by atoms with Crippen molar-refractivity contribution >= 4 is 174 Å². The van der Waals surface area contributed by atoms with Crippen molar-refractivity contribution in [2.24, 2.45) is 0 Å². The van der Waals surface area contributed by atoms with E-state index < -0.39 is 49.5 Å². The Bertz CT molecular complexity index is 390. The number of halogens is 15. The predicted molar refractivity (Wildman–Crippen MR) is 160 cm³/mol. The molecule has 0 radical (unpaired) electrons. The Labute approximate surface area is 301 Å². The van der Waals surface area contributed by atoms with Crippen LogP contribution in [-0.2, 0) is 21.1 Å². The molecule has 0 rings (SSSR count). The Morgan fingerprint density at radius 1 is 0.306 bits per heavy atom. The van der Waals surface area contributed by atoms with Gasteiger partial charge in [0, 0.05) is 21.1 Å². The first-order valence-electron chi connectivity index (χ1n) is 8.46. The number of hydrogen-bond acceptors (Lipinski definition) is 5. The molecule has 5 N–H and O–H groups in total. The fraction of sp³-hybridized carbons (Fsp3) is 1.00. The first-order valence-corrected chi connectivity index (χ1v) is 14.1. The molecular formula is C15H25Cl15MoO5. The van der Waals surface area contributed by atoms with Gasteiger partial charge in [0.1, 0.15) is 0 Å². The van der Waals surface area contributed by atoms with E-state index in [0.717, 1.165) is 0 Å². The summed E-state index contributed by atoms with van der Waals surface area (Å²) in [6.07, 6.45) is -4.53. The standard InChI is InChI=1S/5C3H5Cl3O.Mo/c5*1-2(7)3(4,5)6;/h5*2,7H,1H3;. The largest absolute Gasteiger partial charge is 0.389 e. The van der Waals surface area contributed by atoms with Crippen molar-refractivity contribution < 1.29 is 46.6 Å². The van der Waals surface area contributed by atoms with Crippen molar-refractivity contribution in [1.29, 1.82) is 0 Å². The second-order valence-corrected chi connectivity index (χ2v) is 17.9. The molecule has 21 heteroatoms. The van der Waals surface area contributed by atoms with Gasteiger partial charge in [0.15, 0.2) is 0 Å². The van der Waals surface area contributed by atoms with E-state index in [4.69, 9.17) is 200 Å². The first-order chi connectivity index (χ1) is 14.7. The zero-order valence-electron chi connectivity index (χ0n) is 18.7. The molecule has 5 unspecified atom stereocenters. The predicted octanol–water partition coefficient (Wildman–Crippen LogP) is 8.68. The van der Waals surface area contributed by atoms with Gasteiger partial charge in [0.05, 0.1) is 30.5 Å². The van der Waals surface area contributed by atoms with Crippen LogP contribution in [0.3, 0.4) is 0 Å². The SMILES string of the molecule is CC(O)C(Cl)(Cl)Cl.CC(O)C(Cl)(Cl)Cl.CC(O)C(Cl)(Cl)Cl.CC(O)C(Cl)(Cl)Cl.CC(O)C(Cl)(Cl)Cl.[Mo]. The van der Waals surface area contributed by atoms with Crippen LogP contribution in [-0.4, -0.2) is 75.0 Å². The molecule has 5 nitrogen and oxygen atoms in total. The average Bonchev–Trinajstić information content (AvgIpc) is 2.52. The van der Waals surface area contributed by atoms with Gasteiger partial charge in [-0.25, -0.2) is 0 Å². The quantitative estimate of drug-likeness (QED) is 0.124. The van der Waals surface area contributed by atoms with Crippen molar-refractivity contribution in [3.63, 3.8) is 0 Å². The summed E-state index contributed by atoms with van der Waals surface area (Å²) in [5, 5.41) is 42.5. The Balaban J connectivity index is -0.0000000776. The van der Waals surface area contributed by atoms with E-state index in [0.29, 0.717) is 0 Å². The maximum atomic E-state index is 8.49. The van der Waals surface area contributed by atoms with Crippen molar-refractivity contribution in [2.45, 2.75) is 84.1 Å². The summed E-state index contributed by atoms with van der Waals surface area (Å²) in [4.78, 5) is 0. The molecule has 5 atom stereocenters. The van der Waals surface area contributed by atoms with E-state index in [-0.39, 0.29) is 21.1 Å². The molecule has 0 aliphatic heterocycles. The molecule has 0 bridgehead atoms. The van der Waals surface area contributed by atoms with E-state index >= 15 is 0 Å². The summed E-state index contributed by atoms with van der Waals surface area (Å²) in [7, 11) is 0. The zero-order chi connectivity index (χ0) is 30.4. The van der Waals surface area contributed by atoms with Gasteiger partial charge in [0.2, 0.25) is 19.0 Å². The van der Waals surface area contributed by atoms with Crippen LogP contribution in [0.2, 0.25) is 0 Å². The number of aliphatic hydroxyl groups is 5.